The van der Waals surface area contributed by atoms with E-state index in [-0.39, 0.29) is 17.9 Å². The van der Waals surface area contributed by atoms with Crippen molar-refractivity contribution in [3.05, 3.63) is 0 Å². The lowest BCUT2D eigenvalue weighted by molar-refractivity contribution is -0.137. The maximum Gasteiger partial charge on any atom is 0.133 e. The molecule has 3 nitrogen and oxygen atoms in total. The SMILES string of the molecule is C[C@@H]1CC(=O)C[C@@H]2CC[C@@H]([C@](C)(O)CO)C[C@]21C. The van der Waals surface area contributed by atoms with Crippen LogP contribution in [0.5, 0.6) is 0 Å². The normalized spacial score (nSPS) is 44.3. The Hall–Kier alpha value is -0.410. The molecule has 2 rings (SSSR count). The van der Waals surface area contributed by atoms with Crippen LogP contribution in [0.25, 0.3) is 0 Å². The van der Waals surface area contributed by atoms with Crippen LogP contribution in [0.15, 0.2) is 0 Å². The highest BCUT2D eigenvalue weighted by atomic mass is 16.3. The summed E-state index contributed by atoms with van der Waals surface area (Å²) in [5, 5.41) is 19.6. The number of Topliss-reactive ketones (excluding diaryl/α,β-unsaturated/α-hetero) is 1. The highest BCUT2D eigenvalue weighted by Crippen LogP contribution is 2.55. The van der Waals surface area contributed by atoms with Gasteiger partial charge in [-0.25, -0.2) is 0 Å². The maximum absolute atomic E-state index is 11.7. The van der Waals surface area contributed by atoms with E-state index < -0.39 is 5.60 Å². The van der Waals surface area contributed by atoms with Gasteiger partial charge in [0.05, 0.1) is 12.2 Å². The minimum atomic E-state index is -0.977. The molecular weight excluding hydrogens is 228 g/mol. The van der Waals surface area contributed by atoms with Crippen molar-refractivity contribution in [3.8, 4) is 0 Å². The van der Waals surface area contributed by atoms with Gasteiger partial charge < -0.3 is 10.2 Å². The largest absolute Gasteiger partial charge is 0.393 e. The lowest BCUT2D eigenvalue weighted by Gasteiger charge is -2.53. The van der Waals surface area contributed by atoms with Gasteiger partial charge in [-0.3, -0.25) is 4.79 Å². The summed E-state index contributed by atoms with van der Waals surface area (Å²) in [7, 11) is 0. The summed E-state index contributed by atoms with van der Waals surface area (Å²) in [6, 6.07) is 0. The van der Waals surface area contributed by atoms with Crippen LogP contribution in [0, 0.1) is 23.2 Å². The maximum atomic E-state index is 11.7. The van der Waals surface area contributed by atoms with Gasteiger partial charge in [0.1, 0.15) is 5.78 Å². The quantitative estimate of drug-likeness (QED) is 0.794. The molecule has 104 valence electrons. The van der Waals surface area contributed by atoms with E-state index in [1.807, 2.05) is 0 Å². The van der Waals surface area contributed by atoms with Crippen LogP contribution < -0.4 is 0 Å². The van der Waals surface area contributed by atoms with Crippen molar-refractivity contribution in [3.63, 3.8) is 0 Å². The van der Waals surface area contributed by atoms with Gasteiger partial charge in [-0.15, -0.1) is 0 Å². The third kappa shape index (κ3) is 2.23. The van der Waals surface area contributed by atoms with E-state index in [1.165, 1.54) is 0 Å². The van der Waals surface area contributed by atoms with E-state index in [0.29, 0.717) is 24.0 Å². The summed E-state index contributed by atoms with van der Waals surface area (Å²) >= 11 is 0. The molecule has 5 atom stereocenters. The number of hydrogen-bond acceptors (Lipinski definition) is 3. The van der Waals surface area contributed by atoms with E-state index >= 15 is 0 Å². The van der Waals surface area contributed by atoms with Gasteiger partial charge in [0, 0.05) is 12.8 Å². The van der Waals surface area contributed by atoms with Crippen LogP contribution >= 0.6 is 0 Å². The predicted molar refractivity (Wildman–Crippen MR) is 70.1 cm³/mol. The zero-order chi connectivity index (χ0) is 13.6. The molecule has 2 N–H and O–H groups in total. The molecule has 0 radical (unpaired) electrons. The number of fused-ring (bicyclic) bond motifs is 1. The molecule has 2 aliphatic rings. The van der Waals surface area contributed by atoms with Gasteiger partial charge in [-0.2, -0.15) is 0 Å². The average molecular weight is 254 g/mol. The monoisotopic (exact) mass is 254 g/mol. The molecule has 2 saturated carbocycles. The zero-order valence-electron chi connectivity index (χ0n) is 11.8. The fraction of sp³-hybridized carbons (Fsp3) is 0.933. The Balaban J connectivity index is 2.18. The Kier molecular flexibility index (Phi) is 3.58. The number of ketones is 1. The third-order valence-electron chi connectivity index (χ3n) is 5.82. The van der Waals surface area contributed by atoms with Crippen LogP contribution in [0.2, 0.25) is 0 Å². The Labute approximate surface area is 110 Å². The molecule has 2 fully saturated rings. The first-order valence-corrected chi connectivity index (χ1v) is 7.14. The van der Waals surface area contributed by atoms with E-state index in [2.05, 4.69) is 13.8 Å². The first kappa shape index (κ1) is 14.0. The highest BCUT2D eigenvalue weighted by molar-refractivity contribution is 5.80. The second-order valence-corrected chi connectivity index (χ2v) is 7.04. The number of aliphatic hydroxyl groups is 2. The lowest BCUT2D eigenvalue weighted by Crippen LogP contribution is -2.50. The minimum absolute atomic E-state index is 0.149. The number of hydrogen-bond donors (Lipinski definition) is 2. The van der Waals surface area contributed by atoms with Gasteiger partial charge in [-0.1, -0.05) is 13.8 Å². The molecule has 0 heterocycles. The Bertz CT molecular complexity index is 337. The summed E-state index contributed by atoms with van der Waals surface area (Å²) in [4.78, 5) is 11.7. The molecule has 0 aromatic carbocycles. The number of carbonyl (C=O) groups excluding carboxylic acids is 1. The summed E-state index contributed by atoms with van der Waals surface area (Å²) in [5.41, 5.74) is -0.828. The summed E-state index contributed by atoms with van der Waals surface area (Å²) in [5.74, 6) is 1.41. The molecule has 0 aromatic rings. The molecule has 18 heavy (non-hydrogen) atoms. The Morgan fingerprint density at radius 1 is 1.39 bits per heavy atom. The topological polar surface area (TPSA) is 57.5 Å². The average Bonchev–Trinajstić information content (AvgIpc) is 2.30. The van der Waals surface area contributed by atoms with E-state index in [0.717, 1.165) is 25.7 Å². The minimum Gasteiger partial charge on any atom is -0.393 e. The van der Waals surface area contributed by atoms with Crippen LogP contribution in [-0.2, 0) is 4.79 Å². The van der Waals surface area contributed by atoms with Crippen molar-refractivity contribution in [2.45, 2.75) is 58.5 Å². The first-order chi connectivity index (χ1) is 8.29. The van der Waals surface area contributed by atoms with Gasteiger partial charge >= 0.3 is 0 Å². The van der Waals surface area contributed by atoms with Crippen LogP contribution in [0.4, 0.5) is 0 Å². The first-order valence-electron chi connectivity index (χ1n) is 7.14. The molecule has 0 saturated heterocycles. The summed E-state index contributed by atoms with van der Waals surface area (Å²) < 4.78 is 0. The Morgan fingerprint density at radius 2 is 2.06 bits per heavy atom. The number of rotatable bonds is 2. The predicted octanol–water partition coefficient (Wildman–Crippen LogP) is 2.15. The zero-order valence-corrected chi connectivity index (χ0v) is 11.8. The molecule has 0 spiro atoms. The molecule has 0 unspecified atom stereocenters. The molecule has 2 aliphatic carbocycles. The van der Waals surface area contributed by atoms with Crippen molar-refractivity contribution in [1.29, 1.82) is 0 Å². The smallest absolute Gasteiger partial charge is 0.133 e. The molecule has 0 aliphatic heterocycles. The van der Waals surface area contributed by atoms with E-state index in [1.54, 1.807) is 6.92 Å². The van der Waals surface area contributed by atoms with Gasteiger partial charge in [0.15, 0.2) is 0 Å². The van der Waals surface area contributed by atoms with E-state index in [9.17, 15) is 15.0 Å². The number of carbonyl (C=O) groups is 1. The van der Waals surface area contributed by atoms with Crippen molar-refractivity contribution in [1.82, 2.24) is 0 Å². The lowest BCUT2D eigenvalue weighted by atomic mass is 9.52. The fourth-order valence-electron chi connectivity index (χ4n) is 4.06. The van der Waals surface area contributed by atoms with Crippen molar-refractivity contribution in [2.75, 3.05) is 6.61 Å². The van der Waals surface area contributed by atoms with Crippen molar-refractivity contribution < 1.29 is 15.0 Å². The van der Waals surface area contributed by atoms with E-state index in [4.69, 9.17) is 0 Å². The molecular formula is C15H26O3. The fourth-order valence-corrected chi connectivity index (χ4v) is 4.06. The molecule has 0 bridgehead atoms. The highest BCUT2D eigenvalue weighted by Gasteiger charge is 2.50. The van der Waals surface area contributed by atoms with Crippen LogP contribution in [-0.4, -0.2) is 28.2 Å². The van der Waals surface area contributed by atoms with Gasteiger partial charge in [-0.05, 0) is 49.4 Å². The van der Waals surface area contributed by atoms with Gasteiger partial charge in [0.25, 0.3) is 0 Å². The standard InChI is InChI=1S/C15H26O3/c1-10-6-13(17)7-11-4-5-12(8-14(10,11)2)15(3,18)9-16/h10-12,16,18H,4-9H2,1-3H3/t10-,11+,12-,14+,15-/m1/s1. The van der Waals surface area contributed by atoms with Crippen molar-refractivity contribution >= 4 is 5.78 Å². The summed E-state index contributed by atoms with van der Waals surface area (Å²) in [6.45, 7) is 6.00. The molecule has 3 heteroatoms. The molecule has 0 aromatic heterocycles. The number of aliphatic hydroxyl groups excluding tert-OH is 1. The molecule has 0 amide bonds. The van der Waals surface area contributed by atoms with Crippen molar-refractivity contribution in [2.24, 2.45) is 23.2 Å². The third-order valence-corrected chi connectivity index (χ3v) is 5.82. The second-order valence-electron chi connectivity index (χ2n) is 7.04. The van der Waals surface area contributed by atoms with Crippen LogP contribution in [0.3, 0.4) is 0 Å². The summed E-state index contributed by atoms with van der Waals surface area (Å²) in [6.07, 6.45) is 4.26. The Morgan fingerprint density at radius 3 is 2.67 bits per heavy atom. The second kappa shape index (κ2) is 4.61. The van der Waals surface area contributed by atoms with Crippen LogP contribution in [0.1, 0.15) is 52.9 Å². The van der Waals surface area contributed by atoms with Gasteiger partial charge in [0.2, 0.25) is 0 Å².